The first-order valence-corrected chi connectivity index (χ1v) is 9.22. The maximum atomic E-state index is 12.2. The van der Waals surface area contributed by atoms with Gasteiger partial charge in [-0.15, -0.1) is 11.3 Å². The average Bonchev–Trinajstić information content (AvgIpc) is 3.15. The number of ether oxygens (including phenoxy) is 1. The zero-order chi connectivity index (χ0) is 19.9. The molecule has 1 aromatic heterocycles. The highest BCUT2D eigenvalue weighted by molar-refractivity contribution is 7.14. The summed E-state index contributed by atoms with van der Waals surface area (Å²) >= 11 is 1.25. The van der Waals surface area contributed by atoms with Crippen LogP contribution in [0.5, 0.6) is 0 Å². The number of benzene rings is 2. The minimum atomic E-state index is -0.439. The van der Waals surface area contributed by atoms with Crippen molar-refractivity contribution in [3.63, 3.8) is 0 Å². The Morgan fingerprint density at radius 1 is 0.964 bits per heavy atom. The van der Waals surface area contributed by atoms with Crippen molar-refractivity contribution < 1.29 is 19.1 Å². The lowest BCUT2D eigenvalue weighted by Gasteiger charge is -2.05. The lowest BCUT2D eigenvalue weighted by molar-refractivity contribution is -0.115. The molecule has 0 fully saturated rings. The van der Waals surface area contributed by atoms with Gasteiger partial charge in [-0.3, -0.25) is 14.9 Å². The van der Waals surface area contributed by atoms with E-state index in [1.807, 2.05) is 6.07 Å². The van der Waals surface area contributed by atoms with E-state index in [9.17, 15) is 14.4 Å². The molecule has 7 nitrogen and oxygen atoms in total. The average molecular weight is 395 g/mol. The summed E-state index contributed by atoms with van der Waals surface area (Å²) in [6.45, 7) is 0. The first-order valence-electron chi connectivity index (χ1n) is 8.34. The third-order valence-corrected chi connectivity index (χ3v) is 4.55. The molecule has 0 aliphatic heterocycles. The van der Waals surface area contributed by atoms with Crippen LogP contribution in [0, 0.1) is 0 Å². The van der Waals surface area contributed by atoms with Gasteiger partial charge in [0.05, 0.1) is 24.8 Å². The van der Waals surface area contributed by atoms with E-state index in [4.69, 9.17) is 0 Å². The molecule has 0 spiro atoms. The minimum Gasteiger partial charge on any atom is -0.465 e. The van der Waals surface area contributed by atoms with Crippen LogP contribution in [0.4, 0.5) is 10.8 Å². The number of nitrogens with one attached hydrogen (secondary N) is 2. The van der Waals surface area contributed by atoms with Crippen LogP contribution in [0.2, 0.25) is 0 Å². The van der Waals surface area contributed by atoms with Crippen molar-refractivity contribution >= 4 is 39.9 Å². The molecule has 0 saturated heterocycles. The maximum Gasteiger partial charge on any atom is 0.337 e. The molecule has 0 radical (unpaired) electrons. The van der Waals surface area contributed by atoms with Crippen LogP contribution < -0.4 is 10.6 Å². The highest BCUT2D eigenvalue weighted by Crippen LogP contribution is 2.18. The van der Waals surface area contributed by atoms with Gasteiger partial charge in [-0.25, -0.2) is 9.78 Å². The van der Waals surface area contributed by atoms with Gasteiger partial charge in [0.2, 0.25) is 5.91 Å². The lowest BCUT2D eigenvalue weighted by Crippen LogP contribution is -2.15. The number of carbonyl (C=O) groups is 3. The van der Waals surface area contributed by atoms with Crippen LogP contribution in [-0.2, 0) is 16.0 Å². The van der Waals surface area contributed by atoms with Gasteiger partial charge in [0, 0.05) is 16.6 Å². The van der Waals surface area contributed by atoms with E-state index in [-0.39, 0.29) is 18.2 Å². The molecule has 0 aliphatic carbocycles. The quantitative estimate of drug-likeness (QED) is 0.624. The summed E-state index contributed by atoms with van der Waals surface area (Å²) in [6.07, 6.45) is 0.0659. The van der Waals surface area contributed by atoms with Crippen LogP contribution in [0.25, 0.3) is 0 Å². The number of aromatic nitrogens is 1. The van der Waals surface area contributed by atoms with Crippen molar-refractivity contribution in [2.75, 3.05) is 17.7 Å². The van der Waals surface area contributed by atoms with Gasteiger partial charge in [-0.05, 0) is 36.4 Å². The van der Waals surface area contributed by atoms with Crippen LogP contribution >= 0.6 is 11.3 Å². The van der Waals surface area contributed by atoms with Gasteiger partial charge < -0.3 is 10.1 Å². The summed E-state index contributed by atoms with van der Waals surface area (Å²) in [4.78, 5) is 40.0. The first kappa shape index (κ1) is 19.2. The van der Waals surface area contributed by atoms with Crippen molar-refractivity contribution in [3.8, 4) is 0 Å². The van der Waals surface area contributed by atoms with Crippen LogP contribution in [0.1, 0.15) is 26.4 Å². The predicted octanol–water partition coefficient (Wildman–Crippen LogP) is 3.36. The van der Waals surface area contributed by atoms with Crippen molar-refractivity contribution in [1.82, 2.24) is 4.98 Å². The molecule has 0 saturated carbocycles. The van der Waals surface area contributed by atoms with Crippen LogP contribution in [0.3, 0.4) is 0 Å². The number of hydrogen-bond donors (Lipinski definition) is 2. The standard InChI is InChI=1S/C20H17N3O4S/c1-27-19(26)14-7-9-15(10-8-14)21-17(24)11-16-12-28-20(22-16)23-18(25)13-5-3-2-4-6-13/h2-10,12H,11H2,1H3,(H,21,24)(H,22,23,25). The molecule has 2 amide bonds. The fourth-order valence-electron chi connectivity index (χ4n) is 2.38. The van der Waals surface area contributed by atoms with E-state index in [1.165, 1.54) is 18.4 Å². The van der Waals surface area contributed by atoms with E-state index in [1.54, 1.807) is 53.9 Å². The Hall–Kier alpha value is -3.52. The fourth-order valence-corrected chi connectivity index (χ4v) is 3.09. The second kappa shape index (κ2) is 8.92. The van der Waals surface area contributed by atoms with Crippen LogP contribution in [-0.4, -0.2) is 29.9 Å². The summed E-state index contributed by atoms with van der Waals surface area (Å²) in [5.41, 5.74) is 2.05. The zero-order valence-corrected chi connectivity index (χ0v) is 15.8. The van der Waals surface area contributed by atoms with Crippen LogP contribution in [0.15, 0.2) is 60.0 Å². The number of amides is 2. The Balaban J connectivity index is 1.55. The number of methoxy groups -OCH3 is 1. The van der Waals surface area contributed by atoms with E-state index in [0.29, 0.717) is 27.6 Å². The summed E-state index contributed by atoms with van der Waals surface area (Å²) in [5, 5.41) is 7.61. The number of esters is 1. The molecule has 0 atom stereocenters. The molecule has 142 valence electrons. The molecule has 1 heterocycles. The molecular formula is C20H17N3O4S. The van der Waals surface area contributed by atoms with Crippen molar-refractivity contribution in [1.29, 1.82) is 0 Å². The van der Waals surface area contributed by atoms with E-state index in [0.717, 1.165) is 0 Å². The Morgan fingerprint density at radius 2 is 1.68 bits per heavy atom. The maximum absolute atomic E-state index is 12.2. The van der Waals surface area contributed by atoms with Crippen molar-refractivity contribution in [2.45, 2.75) is 6.42 Å². The molecular weight excluding hydrogens is 378 g/mol. The zero-order valence-electron chi connectivity index (χ0n) is 15.0. The predicted molar refractivity (Wildman–Crippen MR) is 107 cm³/mol. The third-order valence-electron chi connectivity index (χ3n) is 3.74. The molecule has 0 aliphatic rings. The molecule has 8 heteroatoms. The monoisotopic (exact) mass is 395 g/mol. The highest BCUT2D eigenvalue weighted by atomic mass is 32.1. The number of carbonyl (C=O) groups excluding carboxylic acids is 3. The molecule has 0 bridgehead atoms. The molecule has 2 N–H and O–H groups in total. The SMILES string of the molecule is COC(=O)c1ccc(NC(=O)Cc2csc(NC(=O)c3ccccc3)n2)cc1. The van der Waals surface area contributed by atoms with E-state index in [2.05, 4.69) is 20.4 Å². The molecule has 3 aromatic rings. The fraction of sp³-hybridized carbons (Fsp3) is 0.100. The normalized spacial score (nSPS) is 10.2. The molecule has 3 rings (SSSR count). The largest absolute Gasteiger partial charge is 0.465 e. The van der Waals surface area contributed by atoms with Gasteiger partial charge in [-0.2, -0.15) is 0 Å². The number of hydrogen-bond acceptors (Lipinski definition) is 6. The Morgan fingerprint density at radius 3 is 2.36 bits per heavy atom. The highest BCUT2D eigenvalue weighted by Gasteiger charge is 2.12. The first-order chi connectivity index (χ1) is 13.5. The molecule has 2 aromatic carbocycles. The van der Waals surface area contributed by atoms with E-state index >= 15 is 0 Å². The number of anilines is 2. The lowest BCUT2D eigenvalue weighted by atomic mass is 10.2. The second-order valence-corrected chi connectivity index (χ2v) is 6.62. The number of rotatable bonds is 6. The Bertz CT molecular complexity index is 984. The number of nitrogens with zero attached hydrogens (tertiary/aromatic N) is 1. The molecule has 28 heavy (non-hydrogen) atoms. The summed E-state index contributed by atoms with van der Waals surface area (Å²) in [6, 6.07) is 15.2. The van der Waals surface area contributed by atoms with Crippen molar-refractivity contribution in [2.24, 2.45) is 0 Å². The van der Waals surface area contributed by atoms with Crippen molar-refractivity contribution in [3.05, 3.63) is 76.8 Å². The number of thiazole rings is 1. The van der Waals surface area contributed by atoms with Gasteiger partial charge in [0.1, 0.15) is 0 Å². The minimum absolute atomic E-state index is 0.0659. The van der Waals surface area contributed by atoms with Gasteiger partial charge in [0.15, 0.2) is 5.13 Å². The smallest absolute Gasteiger partial charge is 0.337 e. The topological polar surface area (TPSA) is 97.4 Å². The molecule has 0 unspecified atom stereocenters. The summed E-state index contributed by atoms with van der Waals surface area (Å²) in [7, 11) is 1.31. The Labute approximate surface area is 165 Å². The van der Waals surface area contributed by atoms with Gasteiger partial charge >= 0.3 is 5.97 Å². The van der Waals surface area contributed by atoms with Gasteiger partial charge in [0.25, 0.3) is 5.91 Å². The van der Waals surface area contributed by atoms with Gasteiger partial charge in [-0.1, -0.05) is 18.2 Å². The summed E-state index contributed by atoms with van der Waals surface area (Å²) in [5.74, 6) is -0.945. The second-order valence-electron chi connectivity index (χ2n) is 5.76. The Kier molecular flexibility index (Phi) is 6.13. The summed E-state index contributed by atoms with van der Waals surface area (Å²) < 4.78 is 4.63. The van der Waals surface area contributed by atoms with E-state index < -0.39 is 5.97 Å². The third kappa shape index (κ3) is 5.01.